The minimum Gasteiger partial charge on any atom is -0.465 e. The average molecular weight is 171 g/mol. The van der Waals surface area contributed by atoms with E-state index in [9.17, 15) is 9.90 Å². The van der Waals surface area contributed by atoms with Gasteiger partial charge in [0.15, 0.2) is 0 Å². The van der Waals surface area contributed by atoms with Gasteiger partial charge in [0, 0.05) is 12.5 Å². The van der Waals surface area contributed by atoms with Crippen LogP contribution in [0.5, 0.6) is 0 Å². The van der Waals surface area contributed by atoms with E-state index in [-0.39, 0.29) is 5.92 Å². The van der Waals surface area contributed by atoms with E-state index in [1.807, 2.05) is 0 Å². The fourth-order valence-electron chi connectivity index (χ4n) is 2.47. The fourth-order valence-corrected chi connectivity index (χ4v) is 2.47. The van der Waals surface area contributed by atoms with Crippen molar-refractivity contribution in [3.63, 3.8) is 0 Å². The van der Waals surface area contributed by atoms with E-state index < -0.39 is 12.3 Å². The summed E-state index contributed by atoms with van der Waals surface area (Å²) in [6, 6.07) is 0. The molecule has 0 spiro atoms. The van der Waals surface area contributed by atoms with Crippen molar-refractivity contribution in [3.8, 4) is 0 Å². The minimum atomic E-state index is -0.989. The molecule has 1 aliphatic carbocycles. The van der Waals surface area contributed by atoms with Crippen LogP contribution in [0, 0.1) is 11.8 Å². The molecule has 2 aliphatic rings. The Hall–Kier alpha value is -0.770. The third-order valence-corrected chi connectivity index (χ3v) is 3.10. The molecule has 2 N–H and O–H groups in total. The third kappa shape index (κ3) is 0.982. The topological polar surface area (TPSA) is 60.8 Å². The highest BCUT2D eigenvalue weighted by molar-refractivity contribution is 5.65. The van der Waals surface area contributed by atoms with Gasteiger partial charge in [0.05, 0.1) is 0 Å². The minimum absolute atomic E-state index is 0.209. The Morgan fingerprint density at radius 3 is 2.75 bits per heavy atom. The maximum Gasteiger partial charge on any atom is 0.409 e. The van der Waals surface area contributed by atoms with Crippen molar-refractivity contribution >= 4 is 6.09 Å². The lowest BCUT2D eigenvalue weighted by atomic mass is 10.00. The van der Waals surface area contributed by atoms with Gasteiger partial charge in [0.2, 0.25) is 0 Å². The molecule has 1 heterocycles. The zero-order chi connectivity index (χ0) is 8.72. The lowest BCUT2D eigenvalue weighted by Gasteiger charge is -2.19. The van der Waals surface area contributed by atoms with Crippen molar-refractivity contribution in [1.29, 1.82) is 0 Å². The largest absolute Gasteiger partial charge is 0.465 e. The van der Waals surface area contributed by atoms with Crippen LogP contribution < -0.4 is 0 Å². The van der Waals surface area contributed by atoms with E-state index in [2.05, 4.69) is 0 Å². The molecule has 2 rings (SSSR count). The molecule has 4 nitrogen and oxygen atoms in total. The van der Waals surface area contributed by atoms with Gasteiger partial charge in [-0.3, -0.25) is 4.90 Å². The highest BCUT2D eigenvalue weighted by Crippen LogP contribution is 2.40. The predicted octanol–water partition coefficient (Wildman–Crippen LogP) is 0.715. The zero-order valence-electron chi connectivity index (χ0n) is 6.81. The Kier molecular flexibility index (Phi) is 1.72. The molecular formula is C8H13NO3. The van der Waals surface area contributed by atoms with Crippen LogP contribution in [0.15, 0.2) is 0 Å². The van der Waals surface area contributed by atoms with Crippen molar-refractivity contribution in [2.45, 2.75) is 25.5 Å². The van der Waals surface area contributed by atoms with E-state index in [1.165, 1.54) is 0 Å². The first-order chi connectivity index (χ1) is 5.70. The van der Waals surface area contributed by atoms with Crippen LogP contribution in [0.4, 0.5) is 4.79 Å². The molecule has 2 fully saturated rings. The molecule has 1 amide bonds. The summed E-state index contributed by atoms with van der Waals surface area (Å²) in [5.41, 5.74) is 0. The summed E-state index contributed by atoms with van der Waals surface area (Å²) < 4.78 is 0. The van der Waals surface area contributed by atoms with E-state index in [4.69, 9.17) is 5.11 Å². The van der Waals surface area contributed by atoms with Crippen LogP contribution in [-0.2, 0) is 0 Å². The molecule has 3 unspecified atom stereocenters. The van der Waals surface area contributed by atoms with Gasteiger partial charge in [-0.1, -0.05) is 6.42 Å². The van der Waals surface area contributed by atoms with Crippen LogP contribution in [0.25, 0.3) is 0 Å². The summed E-state index contributed by atoms with van der Waals surface area (Å²) in [7, 11) is 0. The Morgan fingerprint density at radius 1 is 1.42 bits per heavy atom. The van der Waals surface area contributed by atoms with Crippen LogP contribution in [0.3, 0.4) is 0 Å². The molecule has 68 valence electrons. The fraction of sp³-hybridized carbons (Fsp3) is 0.875. The zero-order valence-corrected chi connectivity index (χ0v) is 6.81. The SMILES string of the molecule is O=C(O)N1CC2CCCC2C1O. The predicted molar refractivity (Wildman–Crippen MR) is 41.6 cm³/mol. The molecule has 0 aromatic rings. The van der Waals surface area contributed by atoms with Crippen molar-refractivity contribution in [1.82, 2.24) is 4.90 Å². The first kappa shape index (κ1) is 7.86. The highest BCUT2D eigenvalue weighted by Gasteiger charge is 2.45. The molecule has 1 aliphatic heterocycles. The van der Waals surface area contributed by atoms with Gasteiger partial charge in [-0.05, 0) is 18.8 Å². The molecule has 0 aromatic carbocycles. The van der Waals surface area contributed by atoms with Crippen molar-refractivity contribution in [2.24, 2.45) is 11.8 Å². The Balaban J connectivity index is 2.10. The quantitative estimate of drug-likeness (QED) is 0.564. The van der Waals surface area contributed by atoms with Crippen LogP contribution >= 0.6 is 0 Å². The Bertz CT molecular complexity index is 206. The van der Waals surface area contributed by atoms with Crippen molar-refractivity contribution in [2.75, 3.05) is 6.54 Å². The van der Waals surface area contributed by atoms with Gasteiger partial charge in [-0.25, -0.2) is 4.79 Å². The number of fused-ring (bicyclic) bond motifs is 1. The van der Waals surface area contributed by atoms with Crippen LogP contribution in [-0.4, -0.2) is 34.0 Å². The summed E-state index contributed by atoms with van der Waals surface area (Å²) in [5, 5.41) is 18.3. The smallest absolute Gasteiger partial charge is 0.409 e. The second kappa shape index (κ2) is 2.62. The maximum atomic E-state index is 10.6. The van der Waals surface area contributed by atoms with Crippen LogP contribution in [0.2, 0.25) is 0 Å². The van der Waals surface area contributed by atoms with E-state index in [1.54, 1.807) is 0 Å². The first-order valence-corrected chi connectivity index (χ1v) is 4.38. The second-order valence-electron chi connectivity index (χ2n) is 3.70. The highest BCUT2D eigenvalue weighted by atomic mass is 16.4. The number of rotatable bonds is 0. The van der Waals surface area contributed by atoms with Gasteiger partial charge in [0.25, 0.3) is 0 Å². The monoisotopic (exact) mass is 171 g/mol. The van der Waals surface area contributed by atoms with Gasteiger partial charge < -0.3 is 10.2 Å². The molecule has 1 saturated heterocycles. The molecule has 0 radical (unpaired) electrons. The Morgan fingerprint density at radius 2 is 2.17 bits per heavy atom. The van der Waals surface area contributed by atoms with Gasteiger partial charge in [-0.15, -0.1) is 0 Å². The Labute approximate surface area is 70.8 Å². The van der Waals surface area contributed by atoms with E-state index in [0.29, 0.717) is 12.5 Å². The number of amides is 1. The van der Waals surface area contributed by atoms with Crippen molar-refractivity contribution in [3.05, 3.63) is 0 Å². The van der Waals surface area contributed by atoms with Gasteiger partial charge in [-0.2, -0.15) is 0 Å². The van der Waals surface area contributed by atoms with Crippen molar-refractivity contribution < 1.29 is 15.0 Å². The molecule has 1 saturated carbocycles. The molecular weight excluding hydrogens is 158 g/mol. The van der Waals surface area contributed by atoms with E-state index >= 15 is 0 Å². The number of hydrogen-bond acceptors (Lipinski definition) is 2. The van der Waals surface area contributed by atoms with Crippen LogP contribution in [0.1, 0.15) is 19.3 Å². The summed E-state index contributed by atoms with van der Waals surface area (Å²) in [6.07, 6.45) is 1.47. The number of aliphatic hydroxyl groups excluding tert-OH is 1. The van der Waals surface area contributed by atoms with Gasteiger partial charge in [0.1, 0.15) is 6.23 Å². The lowest BCUT2D eigenvalue weighted by Crippen LogP contribution is -2.36. The summed E-state index contributed by atoms with van der Waals surface area (Å²) in [5.74, 6) is 0.622. The first-order valence-electron chi connectivity index (χ1n) is 4.38. The molecule has 0 bridgehead atoms. The third-order valence-electron chi connectivity index (χ3n) is 3.10. The normalized spacial score (nSPS) is 40.1. The van der Waals surface area contributed by atoms with Gasteiger partial charge >= 0.3 is 6.09 Å². The number of aliphatic hydroxyl groups is 1. The number of carbonyl (C=O) groups is 1. The number of nitrogens with zero attached hydrogens (tertiary/aromatic N) is 1. The molecule has 12 heavy (non-hydrogen) atoms. The lowest BCUT2D eigenvalue weighted by molar-refractivity contribution is 0.0138. The number of carboxylic acid groups (broad SMARTS) is 1. The summed E-state index contributed by atoms with van der Waals surface area (Å²) in [4.78, 5) is 11.8. The standard InChI is InChI=1S/C8H13NO3/c10-7-6-3-1-2-5(6)4-9(7)8(11)12/h5-7,10H,1-4H2,(H,11,12). The average Bonchev–Trinajstić information content (AvgIpc) is 2.53. The van der Waals surface area contributed by atoms with E-state index in [0.717, 1.165) is 24.2 Å². The number of likely N-dealkylation sites (tertiary alicyclic amines) is 1. The number of hydrogen-bond donors (Lipinski definition) is 2. The molecule has 3 atom stereocenters. The molecule has 4 heteroatoms. The maximum absolute atomic E-state index is 10.6. The second-order valence-corrected chi connectivity index (χ2v) is 3.70. The summed E-state index contributed by atoms with van der Waals surface area (Å²) >= 11 is 0. The molecule has 0 aromatic heterocycles. The summed E-state index contributed by atoms with van der Waals surface area (Å²) in [6.45, 7) is 0.529.